The summed E-state index contributed by atoms with van der Waals surface area (Å²) in [6, 6.07) is 23.6. The van der Waals surface area contributed by atoms with Gasteiger partial charge in [0.2, 0.25) is 0 Å². The van der Waals surface area contributed by atoms with E-state index in [1.807, 2.05) is 31.2 Å². The van der Waals surface area contributed by atoms with Crippen LogP contribution in [0, 0.1) is 0 Å². The molecule has 6 heteroatoms. The van der Waals surface area contributed by atoms with Crippen molar-refractivity contribution in [2.75, 3.05) is 0 Å². The molecule has 0 saturated heterocycles. The molecule has 0 saturated carbocycles. The molecule has 0 fully saturated rings. The van der Waals surface area contributed by atoms with E-state index in [0.717, 1.165) is 17.4 Å². The number of benzene rings is 3. The third-order valence-corrected chi connectivity index (χ3v) is 5.26. The summed E-state index contributed by atoms with van der Waals surface area (Å²) in [4.78, 5) is 40.8. The van der Waals surface area contributed by atoms with E-state index >= 15 is 0 Å². The van der Waals surface area contributed by atoms with Crippen LogP contribution < -0.4 is 16.6 Å². The third kappa shape index (κ3) is 4.48. The van der Waals surface area contributed by atoms with E-state index in [-0.39, 0.29) is 11.9 Å². The van der Waals surface area contributed by atoms with Gasteiger partial charge in [-0.25, -0.2) is 9.36 Å². The predicted molar refractivity (Wildman–Crippen MR) is 122 cm³/mol. The zero-order valence-corrected chi connectivity index (χ0v) is 17.2. The van der Waals surface area contributed by atoms with Gasteiger partial charge in [-0.15, -0.1) is 0 Å². The average molecular weight is 413 g/mol. The lowest BCUT2D eigenvalue weighted by Gasteiger charge is -2.14. The van der Waals surface area contributed by atoms with Crippen molar-refractivity contribution in [3.8, 4) is 5.69 Å². The van der Waals surface area contributed by atoms with Crippen molar-refractivity contribution >= 4 is 16.8 Å². The van der Waals surface area contributed by atoms with E-state index in [1.165, 1.54) is 5.56 Å². The number of amides is 1. The van der Waals surface area contributed by atoms with Crippen LogP contribution >= 0.6 is 0 Å². The molecule has 1 heterocycles. The molecule has 4 rings (SSSR count). The second-order valence-corrected chi connectivity index (χ2v) is 7.57. The van der Waals surface area contributed by atoms with Gasteiger partial charge in [0.1, 0.15) is 0 Å². The summed E-state index contributed by atoms with van der Waals surface area (Å²) < 4.78 is 1.09. The number of nitrogens with zero attached hydrogens (tertiary/aromatic N) is 1. The normalized spacial score (nSPS) is 11.9. The van der Waals surface area contributed by atoms with Crippen molar-refractivity contribution in [2.45, 2.75) is 25.8 Å². The lowest BCUT2D eigenvalue weighted by molar-refractivity contribution is 0.0938. The SMILES string of the molecule is C[C@H](CCc1ccccc1)NC(=O)c1ccc2c(=O)n(-c3ccccc3)c(=O)[nH]c2c1. The molecule has 0 radical (unpaired) electrons. The van der Waals surface area contributed by atoms with Gasteiger partial charge >= 0.3 is 5.69 Å². The Balaban J connectivity index is 1.54. The number of H-pyrrole nitrogens is 1. The van der Waals surface area contributed by atoms with E-state index in [9.17, 15) is 14.4 Å². The van der Waals surface area contributed by atoms with E-state index in [4.69, 9.17) is 0 Å². The summed E-state index contributed by atoms with van der Waals surface area (Å²) in [6.07, 6.45) is 1.67. The number of carbonyl (C=O) groups is 1. The summed E-state index contributed by atoms with van der Waals surface area (Å²) in [6.45, 7) is 1.96. The highest BCUT2D eigenvalue weighted by Crippen LogP contribution is 2.12. The maximum Gasteiger partial charge on any atom is 0.333 e. The third-order valence-electron chi connectivity index (χ3n) is 5.26. The van der Waals surface area contributed by atoms with E-state index in [2.05, 4.69) is 22.4 Å². The fourth-order valence-corrected chi connectivity index (χ4v) is 3.58. The highest BCUT2D eigenvalue weighted by atomic mass is 16.2. The summed E-state index contributed by atoms with van der Waals surface area (Å²) in [5.41, 5.74) is 1.48. The number of rotatable bonds is 6. The minimum atomic E-state index is -0.544. The average Bonchev–Trinajstić information content (AvgIpc) is 2.78. The highest BCUT2D eigenvalue weighted by molar-refractivity contribution is 5.97. The van der Waals surface area contributed by atoms with Crippen LogP contribution in [-0.4, -0.2) is 21.5 Å². The zero-order valence-electron chi connectivity index (χ0n) is 17.2. The maximum atomic E-state index is 12.9. The number of aromatic nitrogens is 2. The van der Waals surface area contributed by atoms with Crippen molar-refractivity contribution in [1.29, 1.82) is 0 Å². The van der Waals surface area contributed by atoms with Crippen LogP contribution in [0.25, 0.3) is 16.6 Å². The molecule has 156 valence electrons. The molecule has 1 aromatic heterocycles. The molecule has 0 aliphatic carbocycles. The van der Waals surface area contributed by atoms with E-state index in [0.29, 0.717) is 22.2 Å². The Kier molecular flexibility index (Phi) is 5.80. The van der Waals surface area contributed by atoms with Gasteiger partial charge in [0.25, 0.3) is 11.5 Å². The Labute approximate surface area is 179 Å². The Morgan fingerprint density at radius 1 is 0.968 bits per heavy atom. The maximum absolute atomic E-state index is 12.9. The number of fused-ring (bicyclic) bond motifs is 1. The van der Waals surface area contributed by atoms with Crippen LogP contribution in [0.15, 0.2) is 88.5 Å². The molecule has 2 N–H and O–H groups in total. The molecule has 6 nitrogen and oxygen atoms in total. The molecule has 4 aromatic rings. The smallest absolute Gasteiger partial charge is 0.333 e. The number of hydrogen-bond donors (Lipinski definition) is 2. The minimum absolute atomic E-state index is 0.0199. The Morgan fingerprint density at radius 2 is 1.65 bits per heavy atom. The van der Waals surface area contributed by atoms with Crippen molar-refractivity contribution in [1.82, 2.24) is 14.9 Å². The number of para-hydroxylation sites is 1. The zero-order chi connectivity index (χ0) is 21.8. The number of aromatic amines is 1. The standard InChI is InChI=1S/C25H23N3O3/c1-17(12-13-18-8-4-2-5-9-18)26-23(29)19-14-15-21-22(16-19)27-25(31)28(24(21)30)20-10-6-3-7-11-20/h2-11,14-17H,12-13H2,1H3,(H,26,29)(H,27,31)/t17-/m1/s1. The largest absolute Gasteiger partial charge is 0.350 e. The van der Waals surface area contributed by atoms with Gasteiger partial charge in [0.05, 0.1) is 16.6 Å². The van der Waals surface area contributed by atoms with Crippen molar-refractivity contribution in [3.63, 3.8) is 0 Å². The van der Waals surface area contributed by atoms with Crippen molar-refractivity contribution in [2.24, 2.45) is 0 Å². The quantitative estimate of drug-likeness (QED) is 0.508. The molecule has 0 bridgehead atoms. The molecule has 0 spiro atoms. The van der Waals surface area contributed by atoms with Crippen LogP contribution in [0.4, 0.5) is 0 Å². The number of nitrogens with one attached hydrogen (secondary N) is 2. The molecule has 1 atom stereocenters. The highest BCUT2D eigenvalue weighted by Gasteiger charge is 2.14. The summed E-state index contributed by atoms with van der Waals surface area (Å²) >= 11 is 0. The van der Waals surface area contributed by atoms with Crippen LogP contribution in [0.5, 0.6) is 0 Å². The van der Waals surface area contributed by atoms with Gasteiger partial charge in [0.15, 0.2) is 0 Å². The fourth-order valence-electron chi connectivity index (χ4n) is 3.58. The number of carbonyl (C=O) groups excluding carboxylic acids is 1. The van der Waals surface area contributed by atoms with Gasteiger partial charge in [-0.2, -0.15) is 0 Å². The first-order chi connectivity index (χ1) is 15.0. The lowest BCUT2D eigenvalue weighted by atomic mass is 10.1. The van der Waals surface area contributed by atoms with Crippen LogP contribution in [0.3, 0.4) is 0 Å². The topological polar surface area (TPSA) is 84.0 Å². The van der Waals surface area contributed by atoms with Gasteiger partial charge < -0.3 is 10.3 Å². The van der Waals surface area contributed by atoms with E-state index in [1.54, 1.807) is 42.5 Å². The van der Waals surface area contributed by atoms with Crippen LogP contribution in [-0.2, 0) is 6.42 Å². The second kappa shape index (κ2) is 8.83. The van der Waals surface area contributed by atoms with Crippen molar-refractivity contribution < 1.29 is 4.79 Å². The molecule has 1 amide bonds. The Bertz CT molecular complexity index is 1330. The lowest BCUT2D eigenvalue weighted by Crippen LogP contribution is -2.34. The first-order valence-electron chi connectivity index (χ1n) is 10.2. The molecule has 0 unspecified atom stereocenters. The molecule has 31 heavy (non-hydrogen) atoms. The first-order valence-corrected chi connectivity index (χ1v) is 10.2. The predicted octanol–water partition coefficient (Wildman–Crippen LogP) is 3.43. The number of hydrogen-bond acceptors (Lipinski definition) is 3. The van der Waals surface area contributed by atoms with E-state index < -0.39 is 11.2 Å². The molecule has 0 aliphatic rings. The minimum Gasteiger partial charge on any atom is -0.350 e. The fraction of sp³-hybridized carbons (Fsp3) is 0.160. The van der Waals surface area contributed by atoms with Crippen LogP contribution in [0.2, 0.25) is 0 Å². The summed E-state index contributed by atoms with van der Waals surface area (Å²) in [7, 11) is 0. The first kappa shape index (κ1) is 20.3. The molecular weight excluding hydrogens is 390 g/mol. The van der Waals surface area contributed by atoms with Crippen molar-refractivity contribution in [3.05, 3.63) is 111 Å². The van der Waals surface area contributed by atoms with Crippen LogP contribution in [0.1, 0.15) is 29.3 Å². The molecule has 3 aromatic carbocycles. The molecular formula is C25H23N3O3. The second-order valence-electron chi connectivity index (χ2n) is 7.57. The monoisotopic (exact) mass is 413 g/mol. The van der Waals surface area contributed by atoms with Gasteiger partial charge in [-0.05, 0) is 55.7 Å². The Hall–Kier alpha value is -3.93. The Morgan fingerprint density at radius 3 is 2.35 bits per heavy atom. The summed E-state index contributed by atoms with van der Waals surface area (Å²) in [5, 5.41) is 3.33. The summed E-state index contributed by atoms with van der Waals surface area (Å²) in [5.74, 6) is -0.240. The van der Waals surface area contributed by atoms with Gasteiger partial charge in [-0.1, -0.05) is 48.5 Å². The van der Waals surface area contributed by atoms with Gasteiger partial charge in [-0.3, -0.25) is 9.59 Å². The molecule has 0 aliphatic heterocycles. The number of aryl methyl sites for hydroxylation is 1. The van der Waals surface area contributed by atoms with Gasteiger partial charge in [0, 0.05) is 11.6 Å².